The van der Waals surface area contributed by atoms with E-state index in [1.165, 1.54) is 11.1 Å². The summed E-state index contributed by atoms with van der Waals surface area (Å²) in [5.74, 6) is 3.35. The van der Waals surface area contributed by atoms with Crippen LogP contribution < -0.4 is 0 Å². The average molecular weight is 276 g/mol. The summed E-state index contributed by atoms with van der Waals surface area (Å²) < 4.78 is 0. The van der Waals surface area contributed by atoms with Crippen molar-refractivity contribution >= 4 is 20.2 Å². The first-order valence-electron chi connectivity index (χ1n) is 6.90. The Balaban J connectivity index is 2.29. The lowest BCUT2D eigenvalue weighted by molar-refractivity contribution is 1.60. The standard InChI is InChI=1S/C19H20Si/c1-20(2,3)16-15-19-12-8-7-11-18(19)14-13-17-9-5-4-6-10-17/h4-14H,1-3H3. The molecule has 0 unspecified atom stereocenters. The molecular formula is C19H20Si. The summed E-state index contributed by atoms with van der Waals surface area (Å²) >= 11 is 0. The van der Waals surface area contributed by atoms with Gasteiger partial charge in [0.05, 0.1) is 0 Å². The van der Waals surface area contributed by atoms with Gasteiger partial charge in [0, 0.05) is 5.56 Å². The zero-order valence-electron chi connectivity index (χ0n) is 12.4. The minimum Gasteiger partial charge on any atom is -0.127 e. The first-order chi connectivity index (χ1) is 9.54. The second-order valence-electron chi connectivity index (χ2n) is 5.83. The zero-order chi connectivity index (χ0) is 14.4. The van der Waals surface area contributed by atoms with E-state index in [1.54, 1.807) is 0 Å². The summed E-state index contributed by atoms with van der Waals surface area (Å²) in [6, 6.07) is 18.7. The first-order valence-corrected chi connectivity index (χ1v) is 10.4. The molecule has 2 aromatic rings. The number of benzene rings is 2. The fraction of sp³-hybridized carbons (Fsp3) is 0.158. The molecule has 0 fully saturated rings. The lowest BCUT2D eigenvalue weighted by Gasteiger charge is -2.04. The van der Waals surface area contributed by atoms with E-state index in [-0.39, 0.29) is 0 Å². The zero-order valence-corrected chi connectivity index (χ0v) is 13.4. The van der Waals surface area contributed by atoms with Gasteiger partial charge in [-0.25, -0.2) is 0 Å². The van der Waals surface area contributed by atoms with Gasteiger partial charge in [-0.05, 0) is 17.2 Å². The van der Waals surface area contributed by atoms with E-state index in [0.29, 0.717) is 0 Å². The molecule has 0 heterocycles. The topological polar surface area (TPSA) is 0 Å². The first kappa shape index (κ1) is 14.4. The molecule has 0 spiro atoms. The summed E-state index contributed by atoms with van der Waals surface area (Å²) in [4.78, 5) is 0. The third kappa shape index (κ3) is 4.57. The minimum atomic E-state index is -1.34. The van der Waals surface area contributed by atoms with Crippen LogP contribution in [0.1, 0.15) is 16.7 Å². The Hall–Kier alpha value is -2.04. The molecule has 20 heavy (non-hydrogen) atoms. The maximum absolute atomic E-state index is 3.43. The highest BCUT2D eigenvalue weighted by molar-refractivity contribution is 6.83. The predicted octanol–water partition coefficient (Wildman–Crippen LogP) is 5.09. The second-order valence-corrected chi connectivity index (χ2v) is 10.6. The third-order valence-electron chi connectivity index (χ3n) is 2.79. The van der Waals surface area contributed by atoms with E-state index in [0.717, 1.165) is 5.56 Å². The van der Waals surface area contributed by atoms with Gasteiger partial charge < -0.3 is 0 Å². The number of rotatable bonds is 2. The van der Waals surface area contributed by atoms with E-state index in [4.69, 9.17) is 0 Å². The fourth-order valence-electron chi connectivity index (χ4n) is 1.76. The molecule has 2 rings (SSSR count). The van der Waals surface area contributed by atoms with Gasteiger partial charge >= 0.3 is 0 Å². The maximum Gasteiger partial charge on any atom is 0.129 e. The second kappa shape index (κ2) is 6.41. The monoisotopic (exact) mass is 276 g/mol. The van der Waals surface area contributed by atoms with Crippen molar-refractivity contribution in [2.24, 2.45) is 0 Å². The Morgan fingerprint density at radius 2 is 1.45 bits per heavy atom. The SMILES string of the molecule is C[Si](C)(C)C#Cc1ccccc1C=Cc1ccccc1. The van der Waals surface area contributed by atoms with Crippen LogP contribution in [0.5, 0.6) is 0 Å². The van der Waals surface area contributed by atoms with Crippen LogP contribution in [0.3, 0.4) is 0 Å². The van der Waals surface area contributed by atoms with Crippen LogP contribution in [0, 0.1) is 11.5 Å². The Bertz CT molecular complexity index is 649. The molecule has 1 heteroatoms. The molecule has 0 saturated heterocycles. The van der Waals surface area contributed by atoms with Crippen LogP contribution in [0.4, 0.5) is 0 Å². The quantitative estimate of drug-likeness (QED) is 0.407. The van der Waals surface area contributed by atoms with Crippen molar-refractivity contribution in [3.63, 3.8) is 0 Å². The van der Waals surface area contributed by atoms with Gasteiger partial charge in [0.1, 0.15) is 8.07 Å². The highest BCUT2D eigenvalue weighted by Crippen LogP contribution is 2.13. The highest BCUT2D eigenvalue weighted by atomic mass is 28.3. The Morgan fingerprint density at radius 1 is 0.800 bits per heavy atom. The molecule has 0 aromatic heterocycles. The lowest BCUT2D eigenvalue weighted by Crippen LogP contribution is -2.16. The number of hydrogen-bond donors (Lipinski definition) is 0. The van der Waals surface area contributed by atoms with Crippen LogP contribution >= 0.6 is 0 Å². The normalized spacial score (nSPS) is 11.2. The molecule has 0 bridgehead atoms. The van der Waals surface area contributed by atoms with Crippen LogP contribution in [-0.4, -0.2) is 8.07 Å². The van der Waals surface area contributed by atoms with E-state index >= 15 is 0 Å². The highest BCUT2D eigenvalue weighted by Gasteiger charge is 2.07. The summed E-state index contributed by atoms with van der Waals surface area (Å²) in [6.07, 6.45) is 4.28. The van der Waals surface area contributed by atoms with Crippen LogP contribution in [0.15, 0.2) is 54.6 Å². The summed E-state index contributed by atoms with van der Waals surface area (Å²) in [7, 11) is -1.34. The van der Waals surface area contributed by atoms with Crippen molar-refractivity contribution in [3.05, 3.63) is 71.3 Å². The number of hydrogen-bond acceptors (Lipinski definition) is 0. The van der Waals surface area contributed by atoms with Gasteiger partial charge in [-0.15, -0.1) is 5.54 Å². The molecule has 0 aliphatic heterocycles. The van der Waals surface area contributed by atoms with E-state index in [9.17, 15) is 0 Å². The van der Waals surface area contributed by atoms with Gasteiger partial charge in [-0.1, -0.05) is 86.2 Å². The Kier molecular flexibility index (Phi) is 4.60. The van der Waals surface area contributed by atoms with Crippen LogP contribution in [0.25, 0.3) is 12.2 Å². The molecule has 0 amide bonds. The molecule has 0 aliphatic carbocycles. The van der Waals surface area contributed by atoms with E-state index in [1.807, 2.05) is 12.1 Å². The summed E-state index contributed by atoms with van der Waals surface area (Å²) in [5.41, 5.74) is 6.94. The Morgan fingerprint density at radius 3 is 2.15 bits per heavy atom. The molecule has 0 aliphatic rings. The largest absolute Gasteiger partial charge is 0.129 e. The summed E-state index contributed by atoms with van der Waals surface area (Å²) in [6.45, 7) is 6.80. The van der Waals surface area contributed by atoms with E-state index in [2.05, 4.69) is 85.7 Å². The molecule has 0 radical (unpaired) electrons. The third-order valence-corrected chi connectivity index (χ3v) is 3.66. The van der Waals surface area contributed by atoms with Crippen molar-refractivity contribution in [2.75, 3.05) is 0 Å². The summed E-state index contributed by atoms with van der Waals surface area (Å²) in [5, 5.41) is 0. The molecule has 0 atom stereocenters. The molecular weight excluding hydrogens is 256 g/mol. The predicted molar refractivity (Wildman–Crippen MR) is 92.0 cm³/mol. The van der Waals surface area contributed by atoms with Crippen molar-refractivity contribution < 1.29 is 0 Å². The molecule has 0 nitrogen and oxygen atoms in total. The molecule has 2 aromatic carbocycles. The fourth-order valence-corrected chi connectivity index (χ4v) is 2.27. The van der Waals surface area contributed by atoms with Crippen molar-refractivity contribution in [3.8, 4) is 11.5 Å². The van der Waals surface area contributed by atoms with Gasteiger partial charge in [0.2, 0.25) is 0 Å². The lowest BCUT2D eigenvalue weighted by atomic mass is 10.1. The Labute approximate surface area is 123 Å². The van der Waals surface area contributed by atoms with Crippen molar-refractivity contribution in [2.45, 2.75) is 19.6 Å². The molecule has 0 N–H and O–H groups in total. The molecule has 0 saturated carbocycles. The van der Waals surface area contributed by atoms with Gasteiger partial charge in [0.15, 0.2) is 0 Å². The van der Waals surface area contributed by atoms with Gasteiger partial charge in [-0.2, -0.15) is 0 Å². The molecule has 100 valence electrons. The van der Waals surface area contributed by atoms with Gasteiger partial charge in [-0.3, -0.25) is 0 Å². The van der Waals surface area contributed by atoms with E-state index < -0.39 is 8.07 Å². The van der Waals surface area contributed by atoms with Crippen molar-refractivity contribution in [1.82, 2.24) is 0 Å². The maximum atomic E-state index is 3.43. The average Bonchev–Trinajstić information content (AvgIpc) is 2.44. The van der Waals surface area contributed by atoms with Crippen LogP contribution in [0.2, 0.25) is 19.6 Å². The minimum absolute atomic E-state index is 1.11. The van der Waals surface area contributed by atoms with Gasteiger partial charge in [0.25, 0.3) is 0 Å². The van der Waals surface area contributed by atoms with Crippen molar-refractivity contribution in [1.29, 1.82) is 0 Å². The smallest absolute Gasteiger partial charge is 0.127 e. The van der Waals surface area contributed by atoms with Crippen LogP contribution in [-0.2, 0) is 0 Å².